The summed E-state index contributed by atoms with van der Waals surface area (Å²) >= 11 is 0. The lowest BCUT2D eigenvalue weighted by Gasteiger charge is -2.25. The fraction of sp³-hybridized carbons (Fsp3) is 0.667. The molecule has 0 amide bonds. The van der Waals surface area contributed by atoms with Gasteiger partial charge in [0, 0.05) is 12.0 Å². The Hall–Kier alpha value is -1.49. The Balaban J connectivity index is 4.15. The van der Waals surface area contributed by atoms with Crippen LogP contribution in [0.3, 0.4) is 0 Å². The van der Waals surface area contributed by atoms with Crippen molar-refractivity contribution in [3.05, 3.63) is 12.2 Å². The standard InChI is InChI=1S/C15H24O5/c1-10(2)14(18)20-15(5,6)7-8-19-12(4)13(17)9-11(3)16/h12H,1,7-9H2,2-6H3. The van der Waals surface area contributed by atoms with E-state index < -0.39 is 17.7 Å². The number of Topliss-reactive ketones (excluding diaryl/α,β-unsaturated/α-hetero) is 2. The van der Waals surface area contributed by atoms with Gasteiger partial charge in [-0.15, -0.1) is 0 Å². The molecule has 0 N–H and O–H groups in total. The van der Waals surface area contributed by atoms with Gasteiger partial charge in [-0.25, -0.2) is 4.79 Å². The summed E-state index contributed by atoms with van der Waals surface area (Å²) in [6.07, 6.45) is -0.301. The van der Waals surface area contributed by atoms with E-state index in [9.17, 15) is 14.4 Å². The number of hydrogen-bond donors (Lipinski definition) is 0. The molecule has 0 rings (SSSR count). The Bertz CT molecular complexity index is 395. The highest BCUT2D eigenvalue weighted by molar-refractivity contribution is 5.99. The van der Waals surface area contributed by atoms with E-state index in [4.69, 9.17) is 9.47 Å². The summed E-state index contributed by atoms with van der Waals surface area (Å²) < 4.78 is 10.6. The van der Waals surface area contributed by atoms with Crippen molar-refractivity contribution in [1.29, 1.82) is 0 Å². The van der Waals surface area contributed by atoms with Crippen molar-refractivity contribution < 1.29 is 23.9 Å². The van der Waals surface area contributed by atoms with Crippen LogP contribution in [0.15, 0.2) is 12.2 Å². The van der Waals surface area contributed by atoms with Crippen molar-refractivity contribution in [2.75, 3.05) is 6.61 Å². The first-order valence-corrected chi connectivity index (χ1v) is 6.58. The quantitative estimate of drug-likeness (QED) is 0.369. The highest BCUT2D eigenvalue weighted by Gasteiger charge is 2.24. The van der Waals surface area contributed by atoms with Crippen LogP contribution in [0.1, 0.15) is 47.5 Å². The van der Waals surface area contributed by atoms with E-state index in [1.54, 1.807) is 27.7 Å². The Morgan fingerprint density at radius 1 is 1.20 bits per heavy atom. The van der Waals surface area contributed by atoms with Gasteiger partial charge >= 0.3 is 5.97 Å². The molecule has 0 aliphatic rings. The smallest absolute Gasteiger partial charge is 0.333 e. The lowest BCUT2D eigenvalue weighted by atomic mass is 10.1. The van der Waals surface area contributed by atoms with Gasteiger partial charge in [-0.2, -0.15) is 0 Å². The predicted octanol–water partition coefficient (Wildman–Crippen LogP) is 2.23. The molecule has 0 saturated heterocycles. The van der Waals surface area contributed by atoms with Crippen LogP contribution in [-0.2, 0) is 23.9 Å². The average molecular weight is 284 g/mol. The zero-order valence-corrected chi connectivity index (χ0v) is 12.9. The first-order valence-electron chi connectivity index (χ1n) is 6.58. The van der Waals surface area contributed by atoms with Crippen LogP contribution in [0, 0.1) is 0 Å². The maximum atomic E-state index is 11.5. The molecule has 0 spiro atoms. The van der Waals surface area contributed by atoms with E-state index in [0.29, 0.717) is 12.0 Å². The van der Waals surface area contributed by atoms with E-state index in [-0.39, 0.29) is 24.6 Å². The van der Waals surface area contributed by atoms with E-state index in [1.807, 2.05) is 0 Å². The number of carbonyl (C=O) groups excluding carboxylic acids is 3. The SMILES string of the molecule is C=C(C)C(=O)OC(C)(C)CCOC(C)C(=O)CC(C)=O. The van der Waals surface area contributed by atoms with Crippen molar-refractivity contribution >= 4 is 17.5 Å². The maximum absolute atomic E-state index is 11.5. The molecular formula is C15H24O5. The van der Waals surface area contributed by atoms with Gasteiger partial charge in [-0.1, -0.05) is 6.58 Å². The lowest BCUT2D eigenvalue weighted by molar-refractivity contribution is -0.154. The molecule has 0 aromatic rings. The molecule has 20 heavy (non-hydrogen) atoms. The first kappa shape index (κ1) is 18.5. The van der Waals surface area contributed by atoms with Crippen LogP contribution in [0.5, 0.6) is 0 Å². The second-order valence-electron chi connectivity index (χ2n) is 5.54. The highest BCUT2D eigenvalue weighted by Crippen LogP contribution is 2.17. The number of rotatable bonds is 9. The van der Waals surface area contributed by atoms with E-state index in [1.165, 1.54) is 6.92 Å². The molecular weight excluding hydrogens is 260 g/mol. The van der Waals surface area contributed by atoms with Crippen molar-refractivity contribution in [2.45, 2.75) is 59.2 Å². The van der Waals surface area contributed by atoms with Crippen molar-refractivity contribution in [1.82, 2.24) is 0 Å². The molecule has 114 valence electrons. The monoisotopic (exact) mass is 284 g/mol. The molecule has 0 aromatic carbocycles. The molecule has 0 aliphatic carbocycles. The third-order valence-electron chi connectivity index (χ3n) is 2.67. The number of hydrogen-bond acceptors (Lipinski definition) is 5. The zero-order valence-electron chi connectivity index (χ0n) is 12.9. The van der Waals surface area contributed by atoms with E-state index in [2.05, 4.69) is 6.58 Å². The predicted molar refractivity (Wildman–Crippen MR) is 75.3 cm³/mol. The van der Waals surface area contributed by atoms with Crippen molar-refractivity contribution in [3.63, 3.8) is 0 Å². The molecule has 1 unspecified atom stereocenters. The number of esters is 1. The van der Waals surface area contributed by atoms with E-state index >= 15 is 0 Å². The molecule has 0 radical (unpaired) electrons. The largest absolute Gasteiger partial charge is 0.456 e. The van der Waals surface area contributed by atoms with Crippen molar-refractivity contribution in [3.8, 4) is 0 Å². The normalized spacial score (nSPS) is 12.7. The van der Waals surface area contributed by atoms with Gasteiger partial charge in [0.05, 0.1) is 13.0 Å². The maximum Gasteiger partial charge on any atom is 0.333 e. The second-order valence-corrected chi connectivity index (χ2v) is 5.54. The van der Waals surface area contributed by atoms with Gasteiger partial charge in [-0.05, 0) is 34.6 Å². The Morgan fingerprint density at radius 3 is 2.20 bits per heavy atom. The minimum absolute atomic E-state index is 0.116. The summed E-state index contributed by atoms with van der Waals surface area (Å²) in [5, 5.41) is 0. The Morgan fingerprint density at radius 2 is 1.75 bits per heavy atom. The fourth-order valence-corrected chi connectivity index (χ4v) is 1.35. The van der Waals surface area contributed by atoms with Crippen LogP contribution < -0.4 is 0 Å². The van der Waals surface area contributed by atoms with Gasteiger partial charge < -0.3 is 9.47 Å². The molecule has 0 saturated carbocycles. The third kappa shape index (κ3) is 7.84. The lowest BCUT2D eigenvalue weighted by Crippen LogP contribution is -2.31. The molecule has 5 nitrogen and oxygen atoms in total. The summed E-state index contributed by atoms with van der Waals surface area (Å²) in [7, 11) is 0. The molecule has 0 aliphatic heterocycles. The molecule has 1 atom stereocenters. The minimum atomic E-state index is -0.695. The summed E-state index contributed by atoms with van der Waals surface area (Å²) in [4.78, 5) is 33.8. The minimum Gasteiger partial charge on any atom is -0.456 e. The van der Waals surface area contributed by atoms with Gasteiger partial charge in [-0.3, -0.25) is 9.59 Å². The van der Waals surface area contributed by atoms with E-state index in [0.717, 1.165) is 0 Å². The summed E-state index contributed by atoms with van der Waals surface area (Å²) in [5.41, 5.74) is -0.358. The van der Waals surface area contributed by atoms with Crippen LogP contribution in [0.2, 0.25) is 0 Å². The van der Waals surface area contributed by atoms with Crippen LogP contribution >= 0.6 is 0 Å². The second kappa shape index (κ2) is 7.94. The molecule has 0 bridgehead atoms. The molecule has 0 fully saturated rings. The summed E-state index contributed by atoms with van der Waals surface area (Å²) in [6.45, 7) is 11.9. The van der Waals surface area contributed by atoms with Gasteiger partial charge in [0.1, 0.15) is 17.5 Å². The zero-order chi connectivity index (χ0) is 15.9. The number of ketones is 2. The highest BCUT2D eigenvalue weighted by atomic mass is 16.6. The number of ether oxygens (including phenoxy) is 2. The molecule has 0 heterocycles. The van der Waals surface area contributed by atoms with Gasteiger partial charge in [0.25, 0.3) is 0 Å². The molecule has 5 heteroatoms. The Kier molecular flexibility index (Phi) is 7.35. The van der Waals surface area contributed by atoms with Crippen LogP contribution in [0.4, 0.5) is 0 Å². The average Bonchev–Trinajstić information content (AvgIpc) is 2.26. The van der Waals surface area contributed by atoms with Crippen molar-refractivity contribution in [2.24, 2.45) is 0 Å². The fourth-order valence-electron chi connectivity index (χ4n) is 1.35. The van der Waals surface area contributed by atoms with Crippen LogP contribution in [-0.4, -0.2) is 35.8 Å². The summed E-state index contributed by atoms with van der Waals surface area (Å²) in [5.74, 6) is -0.869. The first-order chi connectivity index (χ1) is 9.05. The summed E-state index contributed by atoms with van der Waals surface area (Å²) in [6, 6.07) is 0. The molecule has 0 aromatic heterocycles. The Labute approximate surface area is 120 Å². The van der Waals surface area contributed by atoms with Crippen LogP contribution in [0.25, 0.3) is 0 Å². The topological polar surface area (TPSA) is 69.7 Å². The van der Waals surface area contributed by atoms with Gasteiger partial charge in [0.2, 0.25) is 0 Å². The number of carbonyl (C=O) groups is 3. The third-order valence-corrected chi connectivity index (χ3v) is 2.67. The van der Waals surface area contributed by atoms with Gasteiger partial charge in [0.15, 0.2) is 5.78 Å².